The molecule has 1 saturated heterocycles. The van der Waals surface area contributed by atoms with Crippen LogP contribution in [0.3, 0.4) is 0 Å². The fourth-order valence-corrected chi connectivity index (χ4v) is 2.55. The highest BCUT2D eigenvalue weighted by atomic mass is 16.7. The highest BCUT2D eigenvalue weighted by Crippen LogP contribution is 2.35. The third-order valence-corrected chi connectivity index (χ3v) is 3.47. The van der Waals surface area contributed by atoms with Crippen molar-refractivity contribution in [2.45, 2.75) is 18.9 Å². The molecule has 3 rings (SSSR count). The molecule has 0 amide bonds. The maximum absolute atomic E-state index is 11.8. The molecule has 1 heterocycles. The molecule has 0 unspecified atom stereocenters. The van der Waals surface area contributed by atoms with Crippen LogP contribution in [-0.4, -0.2) is 29.4 Å². The number of benzene rings is 1. The first-order valence-corrected chi connectivity index (χ1v) is 5.81. The highest BCUT2D eigenvalue weighted by Gasteiger charge is 2.45. The Hall–Kier alpha value is -1.68. The molecule has 0 radical (unpaired) electrons. The molecule has 2 bridgehead atoms. The lowest BCUT2D eigenvalue weighted by Crippen LogP contribution is -2.37. The number of carbonyl (C=O) groups is 2. The maximum Gasteiger partial charge on any atom is 0.357 e. The van der Waals surface area contributed by atoms with Gasteiger partial charge in [0.1, 0.15) is 5.78 Å². The zero-order valence-electron chi connectivity index (χ0n) is 9.33. The van der Waals surface area contributed by atoms with Crippen molar-refractivity contribution < 1.29 is 14.4 Å². The highest BCUT2D eigenvalue weighted by molar-refractivity contribution is 5.89. The largest absolute Gasteiger partial charge is 0.364 e. The van der Waals surface area contributed by atoms with Gasteiger partial charge in [-0.3, -0.25) is 4.79 Å². The molecule has 0 spiro atoms. The van der Waals surface area contributed by atoms with Crippen molar-refractivity contribution in [1.29, 1.82) is 0 Å². The van der Waals surface area contributed by atoms with Gasteiger partial charge in [0.05, 0.1) is 11.6 Å². The van der Waals surface area contributed by atoms with Crippen LogP contribution in [0.1, 0.15) is 23.2 Å². The lowest BCUT2D eigenvalue weighted by Gasteiger charge is -2.24. The normalized spacial score (nSPS) is 27.4. The number of piperidine rings is 1. The van der Waals surface area contributed by atoms with Gasteiger partial charge in [-0.15, -0.1) is 5.06 Å². The molecule has 0 N–H and O–H groups in total. The number of ketones is 1. The predicted molar refractivity (Wildman–Crippen MR) is 60.1 cm³/mol. The van der Waals surface area contributed by atoms with Gasteiger partial charge in [-0.05, 0) is 18.6 Å². The monoisotopic (exact) mass is 231 g/mol. The second-order valence-corrected chi connectivity index (χ2v) is 4.60. The summed E-state index contributed by atoms with van der Waals surface area (Å²) < 4.78 is 0. The standard InChI is InChI=1S/C13H13NO3/c15-12-7-11-6-10(12)8-14(11)17-13(16)9-4-2-1-3-5-9/h1-5,10-11H,6-8H2/t10-,11-/m1/s1. The van der Waals surface area contributed by atoms with Gasteiger partial charge in [0.15, 0.2) is 0 Å². The Morgan fingerprint density at radius 3 is 2.65 bits per heavy atom. The minimum atomic E-state index is -0.342. The minimum Gasteiger partial charge on any atom is -0.364 e. The Balaban J connectivity index is 1.66. The lowest BCUT2D eigenvalue weighted by molar-refractivity contribution is -0.145. The van der Waals surface area contributed by atoms with E-state index < -0.39 is 0 Å². The molecule has 2 atom stereocenters. The molecule has 4 heteroatoms. The molecule has 88 valence electrons. The van der Waals surface area contributed by atoms with E-state index in [1.165, 1.54) is 0 Å². The summed E-state index contributed by atoms with van der Waals surface area (Å²) in [5.74, 6) is 0.0381. The summed E-state index contributed by atoms with van der Waals surface area (Å²) >= 11 is 0. The molecule has 1 aromatic carbocycles. The molecule has 1 aliphatic heterocycles. The minimum absolute atomic E-state index is 0.0728. The Morgan fingerprint density at radius 2 is 2.06 bits per heavy atom. The fraction of sp³-hybridized carbons (Fsp3) is 0.385. The van der Waals surface area contributed by atoms with Gasteiger partial charge in [0.25, 0.3) is 0 Å². The zero-order chi connectivity index (χ0) is 11.8. The van der Waals surface area contributed by atoms with Crippen LogP contribution in [0.5, 0.6) is 0 Å². The van der Waals surface area contributed by atoms with Crippen LogP contribution in [-0.2, 0) is 9.63 Å². The van der Waals surface area contributed by atoms with Crippen LogP contribution in [0.4, 0.5) is 0 Å². The molecule has 4 nitrogen and oxygen atoms in total. The van der Waals surface area contributed by atoms with E-state index in [2.05, 4.69) is 0 Å². The van der Waals surface area contributed by atoms with Gasteiger partial charge < -0.3 is 4.84 Å². The van der Waals surface area contributed by atoms with Gasteiger partial charge in [-0.2, -0.15) is 0 Å². The summed E-state index contributed by atoms with van der Waals surface area (Å²) in [6.07, 6.45) is 1.35. The Kier molecular flexibility index (Phi) is 2.44. The van der Waals surface area contributed by atoms with Crippen LogP contribution < -0.4 is 0 Å². The SMILES string of the molecule is O=C(ON1C[C@H]2C[C@@H]1CC2=O)c1ccccc1. The van der Waals surface area contributed by atoms with Crippen molar-refractivity contribution in [2.24, 2.45) is 5.92 Å². The quantitative estimate of drug-likeness (QED) is 0.772. The molecule has 1 saturated carbocycles. The second-order valence-electron chi connectivity index (χ2n) is 4.60. The summed E-state index contributed by atoms with van der Waals surface area (Å²) in [6.45, 7) is 0.558. The van der Waals surface area contributed by atoms with E-state index in [0.29, 0.717) is 24.3 Å². The summed E-state index contributed by atoms with van der Waals surface area (Å²) in [7, 11) is 0. The number of hydrogen-bond acceptors (Lipinski definition) is 4. The molecule has 1 aliphatic carbocycles. The smallest absolute Gasteiger partial charge is 0.357 e. The summed E-state index contributed by atoms with van der Waals surface area (Å²) in [4.78, 5) is 28.5. The molecular formula is C13H13NO3. The van der Waals surface area contributed by atoms with Crippen LogP contribution in [0.25, 0.3) is 0 Å². The summed E-state index contributed by atoms with van der Waals surface area (Å²) in [5.41, 5.74) is 0.543. The number of nitrogens with zero attached hydrogens (tertiary/aromatic N) is 1. The summed E-state index contributed by atoms with van der Waals surface area (Å²) in [6, 6.07) is 9.00. The number of fused-ring (bicyclic) bond motifs is 2. The van der Waals surface area contributed by atoms with Crippen LogP contribution >= 0.6 is 0 Å². The molecular weight excluding hydrogens is 218 g/mol. The van der Waals surface area contributed by atoms with Gasteiger partial charge in [0.2, 0.25) is 0 Å². The van der Waals surface area contributed by atoms with E-state index >= 15 is 0 Å². The average Bonchev–Trinajstić information content (AvgIpc) is 2.89. The van der Waals surface area contributed by atoms with Crippen molar-refractivity contribution >= 4 is 11.8 Å². The Labute approximate surface area is 99.1 Å². The molecule has 0 aromatic heterocycles. The number of hydrogen-bond donors (Lipinski definition) is 0. The lowest BCUT2D eigenvalue weighted by atomic mass is 10.1. The molecule has 1 aromatic rings. The van der Waals surface area contributed by atoms with Gasteiger partial charge in [-0.1, -0.05) is 18.2 Å². The number of carbonyl (C=O) groups excluding carboxylic acids is 2. The van der Waals surface area contributed by atoms with Crippen molar-refractivity contribution in [3.05, 3.63) is 35.9 Å². The fourth-order valence-electron chi connectivity index (χ4n) is 2.55. The van der Waals surface area contributed by atoms with Gasteiger partial charge >= 0.3 is 5.97 Å². The van der Waals surface area contributed by atoms with E-state index in [0.717, 1.165) is 6.42 Å². The number of hydroxylamine groups is 2. The summed E-state index contributed by atoms with van der Waals surface area (Å²) in [5, 5.41) is 1.67. The van der Waals surface area contributed by atoms with Gasteiger partial charge in [0, 0.05) is 18.9 Å². The third kappa shape index (κ3) is 1.85. The van der Waals surface area contributed by atoms with Crippen molar-refractivity contribution in [2.75, 3.05) is 6.54 Å². The maximum atomic E-state index is 11.8. The van der Waals surface area contributed by atoms with Crippen molar-refractivity contribution in [3.63, 3.8) is 0 Å². The van der Waals surface area contributed by atoms with E-state index in [4.69, 9.17) is 4.84 Å². The van der Waals surface area contributed by atoms with E-state index in [-0.39, 0.29) is 17.9 Å². The topological polar surface area (TPSA) is 46.6 Å². The first-order chi connectivity index (χ1) is 8.24. The molecule has 17 heavy (non-hydrogen) atoms. The van der Waals surface area contributed by atoms with E-state index in [1.807, 2.05) is 6.07 Å². The number of rotatable bonds is 2. The second kappa shape index (κ2) is 3.96. The van der Waals surface area contributed by atoms with Crippen LogP contribution in [0.2, 0.25) is 0 Å². The van der Waals surface area contributed by atoms with E-state index in [1.54, 1.807) is 29.3 Å². The Bertz CT molecular complexity index is 457. The van der Waals surface area contributed by atoms with Crippen molar-refractivity contribution in [3.8, 4) is 0 Å². The molecule has 2 fully saturated rings. The van der Waals surface area contributed by atoms with Crippen LogP contribution in [0, 0.1) is 5.92 Å². The number of Topliss-reactive ketones (excluding diaryl/α,β-unsaturated/α-hetero) is 1. The Morgan fingerprint density at radius 1 is 1.29 bits per heavy atom. The first kappa shape index (κ1) is 10.5. The van der Waals surface area contributed by atoms with Crippen LogP contribution in [0.15, 0.2) is 30.3 Å². The van der Waals surface area contributed by atoms with Gasteiger partial charge in [-0.25, -0.2) is 4.79 Å². The van der Waals surface area contributed by atoms with Crippen molar-refractivity contribution in [1.82, 2.24) is 5.06 Å². The third-order valence-electron chi connectivity index (χ3n) is 3.47. The first-order valence-electron chi connectivity index (χ1n) is 5.81. The average molecular weight is 231 g/mol. The zero-order valence-corrected chi connectivity index (χ0v) is 9.33. The molecule has 2 aliphatic rings. The van der Waals surface area contributed by atoms with E-state index in [9.17, 15) is 9.59 Å². The predicted octanol–water partition coefficient (Wildman–Crippen LogP) is 1.42.